The Hall–Kier alpha value is -0.580. The Bertz CT molecular complexity index is 336. The van der Waals surface area contributed by atoms with E-state index >= 15 is 0 Å². The molecule has 4 heteroatoms. The SMILES string of the molecule is CCC(N)c1ccc(SC2CCOCC2)cn1. The molecular weight excluding hydrogens is 232 g/mol. The normalized spacial score (nSPS) is 19.2. The lowest BCUT2D eigenvalue weighted by molar-refractivity contribution is 0.100. The van der Waals surface area contributed by atoms with E-state index in [9.17, 15) is 0 Å². The number of rotatable bonds is 4. The van der Waals surface area contributed by atoms with Crippen LogP contribution in [-0.4, -0.2) is 23.4 Å². The van der Waals surface area contributed by atoms with Gasteiger partial charge in [-0.1, -0.05) is 6.92 Å². The Labute approximate surface area is 107 Å². The second-order valence-electron chi connectivity index (χ2n) is 4.36. The molecule has 0 aromatic carbocycles. The molecule has 0 spiro atoms. The van der Waals surface area contributed by atoms with Crippen LogP contribution in [0.25, 0.3) is 0 Å². The molecule has 0 amide bonds. The Morgan fingerprint density at radius 1 is 1.47 bits per heavy atom. The third-order valence-corrected chi connectivity index (χ3v) is 4.37. The fourth-order valence-corrected chi connectivity index (χ4v) is 2.95. The topological polar surface area (TPSA) is 48.1 Å². The van der Waals surface area contributed by atoms with Gasteiger partial charge in [0, 0.05) is 35.6 Å². The molecule has 1 saturated heterocycles. The molecule has 2 heterocycles. The minimum Gasteiger partial charge on any atom is -0.381 e. The number of nitrogens with two attached hydrogens (primary N) is 1. The highest BCUT2D eigenvalue weighted by Crippen LogP contribution is 2.29. The first-order valence-corrected chi connectivity index (χ1v) is 7.13. The zero-order valence-electron chi connectivity index (χ0n) is 10.3. The average molecular weight is 252 g/mol. The molecule has 1 aliphatic rings. The summed E-state index contributed by atoms with van der Waals surface area (Å²) in [5.41, 5.74) is 6.93. The Balaban J connectivity index is 1.93. The van der Waals surface area contributed by atoms with Crippen molar-refractivity contribution in [1.29, 1.82) is 0 Å². The zero-order valence-corrected chi connectivity index (χ0v) is 11.1. The molecule has 2 N–H and O–H groups in total. The molecule has 0 radical (unpaired) electrons. The summed E-state index contributed by atoms with van der Waals surface area (Å²) in [6.45, 7) is 3.87. The number of nitrogens with zero attached hydrogens (tertiary/aromatic N) is 1. The maximum atomic E-state index is 5.94. The molecule has 17 heavy (non-hydrogen) atoms. The van der Waals surface area contributed by atoms with Gasteiger partial charge in [-0.15, -0.1) is 11.8 Å². The summed E-state index contributed by atoms with van der Waals surface area (Å²) in [7, 11) is 0. The minimum atomic E-state index is 0.0668. The summed E-state index contributed by atoms with van der Waals surface area (Å²) in [6, 6.07) is 4.26. The fraction of sp³-hybridized carbons (Fsp3) is 0.615. The third-order valence-electron chi connectivity index (χ3n) is 3.05. The van der Waals surface area contributed by atoms with Crippen LogP contribution in [0.15, 0.2) is 23.2 Å². The predicted octanol–water partition coefficient (Wildman–Crippen LogP) is 2.76. The largest absolute Gasteiger partial charge is 0.381 e. The Morgan fingerprint density at radius 3 is 2.82 bits per heavy atom. The van der Waals surface area contributed by atoms with Crippen LogP contribution in [0.5, 0.6) is 0 Å². The van der Waals surface area contributed by atoms with Crippen LogP contribution >= 0.6 is 11.8 Å². The van der Waals surface area contributed by atoms with Crippen molar-refractivity contribution >= 4 is 11.8 Å². The lowest BCUT2D eigenvalue weighted by atomic mass is 10.1. The number of thioether (sulfide) groups is 1. The summed E-state index contributed by atoms with van der Waals surface area (Å²) in [5.74, 6) is 0. The standard InChI is InChI=1S/C13H20N2OS/c1-2-12(14)13-4-3-11(9-15-13)17-10-5-7-16-8-6-10/h3-4,9-10,12H,2,5-8,14H2,1H3. The van der Waals surface area contributed by atoms with Gasteiger partial charge in [-0.25, -0.2) is 0 Å². The van der Waals surface area contributed by atoms with E-state index in [0.717, 1.165) is 38.2 Å². The van der Waals surface area contributed by atoms with Crippen molar-refractivity contribution in [2.75, 3.05) is 13.2 Å². The first-order valence-electron chi connectivity index (χ1n) is 6.25. The summed E-state index contributed by atoms with van der Waals surface area (Å²) in [6.07, 6.45) is 5.16. The van der Waals surface area contributed by atoms with Crippen molar-refractivity contribution in [3.05, 3.63) is 24.0 Å². The molecule has 2 rings (SSSR count). The molecule has 1 unspecified atom stereocenters. The molecule has 1 aliphatic heterocycles. The summed E-state index contributed by atoms with van der Waals surface area (Å²) < 4.78 is 5.36. The van der Waals surface area contributed by atoms with E-state index < -0.39 is 0 Å². The van der Waals surface area contributed by atoms with Gasteiger partial charge < -0.3 is 10.5 Å². The van der Waals surface area contributed by atoms with Crippen LogP contribution in [-0.2, 0) is 4.74 Å². The van der Waals surface area contributed by atoms with Crippen molar-refractivity contribution in [2.45, 2.75) is 42.4 Å². The van der Waals surface area contributed by atoms with Crippen molar-refractivity contribution in [1.82, 2.24) is 4.98 Å². The summed E-state index contributed by atoms with van der Waals surface area (Å²) >= 11 is 1.91. The smallest absolute Gasteiger partial charge is 0.0571 e. The van der Waals surface area contributed by atoms with Crippen LogP contribution < -0.4 is 5.73 Å². The first-order chi connectivity index (χ1) is 8.29. The number of ether oxygens (including phenoxy) is 1. The molecule has 3 nitrogen and oxygen atoms in total. The van der Waals surface area contributed by atoms with Gasteiger partial charge in [-0.2, -0.15) is 0 Å². The Kier molecular flexibility index (Phi) is 4.83. The Morgan fingerprint density at radius 2 is 2.24 bits per heavy atom. The van der Waals surface area contributed by atoms with Gasteiger partial charge in [-0.3, -0.25) is 4.98 Å². The highest BCUT2D eigenvalue weighted by atomic mass is 32.2. The first kappa shape index (κ1) is 12.9. The second kappa shape index (κ2) is 6.38. The van der Waals surface area contributed by atoms with Crippen LogP contribution in [0.3, 0.4) is 0 Å². The lowest BCUT2D eigenvalue weighted by Crippen LogP contribution is -2.17. The van der Waals surface area contributed by atoms with Crippen molar-refractivity contribution in [3.63, 3.8) is 0 Å². The molecule has 1 fully saturated rings. The second-order valence-corrected chi connectivity index (χ2v) is 5.74. The maximum Gasteiger partial charge on any atom is 0.0571 e. The maximum absolute atomic E-state index is 5.94. The van der Waals surface area contributed by atoms with Crippen LogP contribution in [0, 0.1) is 0 Å². The third kappa shape index (κ3) is 3.69. The van der Waals surface area contributed by atoms with Crippen molar-refractivity contribution in [2.24, 2.45) is 5.73 Å². The number of aromatic nitrogens is 1. The van der Waals surface area contributed by atoms with Gasteiger partial charge in [-0.05, 0) is 31.4 Å². The molecule has 0 aliphatic carbocycles. The van der Waals surface area contributed by atoms with E-state index in [1.54, 1.807) is 0 Å². The van der Waals surface area contributed by atoms with E-state index in [4.69, 9.17) is 10.5 Å². The van der Waals surface area contributed by atoms with Gasteiger partial charge in [0.15, 0.2) is 0 Å². The lowest BCUT2D eigenvalue weighted by Gasteiger charge is -2.21. The van der Waals surface area contributed by atoms with Crippen LogP contribution in [0.4, 0.5) is 0 Å². The van der Waals surface area contributed by atoms with Gasteiger partial charge >= 0.3 is 0 Å². The van der Waals surface area contributed by atoms with E-state index in [1.807, 2.05) is 18.0 Å². The predicted molar refractivity (Wildman–Crippen MR) is 71.2 cm³/mol. The van der Waals surface area contributed by atoms with E-state index in [1.165, 1.54) is 4.90 Å². The highest BCUT2D eigenvalue weighted by Gasteiger charge is 2.15. The van der Waals surface area contributed by atoms with Crippen molar-refractivity contribution in [3.8, 4) is 0 Å². The van der Waals surface area contributed by atoms with E-state index in [-0.39, 0.29) is 6.04 Å². The monoisotopic (exact) mass is 252 g/mol. The molecule has 1 aromatic rings. The van der Waals surface area contributed by atoms with Crippen LogP contribution in [0.2, 0.25) is 0 Å². The van der Waals surface area contributed by atoms with E-state index in [0.29, 0.717) is 5.25 Å². The van der Waals surface area contributed by atoms with Gasteiger partial charge in [0.2, 0.25) is 0 Å². The van der Waals surface area contributed by atoms with Gasteiger partial charge in [0.05, 0.1) is 5.69 Å². The zero-order chi connectivity index (χ0) is 12.1. The summed E-state index contributed by atoms with van der Waals surface area (Å²) in [5, 5.41) is 0.677. The molecule has 0 bridgehead atoms. The minimum absolute atomic E-state index is 0.0668. The summed E-state index contributed by atoms with van der Waals surface area (Å²) in [4.78, 5) is 5.68. The van der Waals surface area contributed by atoms with Gasteiger partial charge in [0.1, 0.15) is 0 Å². The average Bonchev–Trinajstić information content (AvgIpc) is 2.40. The fourth-order valence-electron chi connectivity index (χ4n) is 1.88. The molecule has 1 aromatic heterocycles. The van der Waals surface area contributed by atoms with Crippen molar-refractivity contribution < 1.29 is 4.74 Å². The number of hydrogen-bond acceptors (Lipinski definition) is 4. The quantitative estimate of drug-likeness (QED) is 0.895. The highest BCUT2D eigenvalue weighted by molar-refractivity contribution is 8.00. The number of hydrogen-bond donors (Lipinski definition) is 1. The molecular formula is C13H20N2OS. The molecule has 0 saturated carbocycles. The van der Waals surface area contributed by atoms with Crippen LogP contribution in [0.1, 0.15) is 37.9 Å². The number of pyridine rings is 1. The molecule has 1 atom stereocenters. The van der Waals surface area contributed by atoms with Gasteiger partial charge in [0.25, 0.3) is 0 Å². The molecule has 94 valence electrons. The van der Waals surface area contributed by atoms with E-state index in [2.05, 4.69) is 24.0 Å².